The summed E-state index contributed by atoms with van der Waals surface area (Å²) >= 11 is 13.9. The molecule has 1 aromatic heterocycles. The Morgan fingerprint density at radius 1 is 1.12 bits per heavy atom. The van der Waals surface area contributed by atoms with Crippen LogP contribution < -0.4 is 0 Å². The molecule has 184 valence electrons. The lowest BCUT2D eigenvalue weighted by Crippen LogP contribution is -2.31. The predicted octanol–water partition coefficient (Wildman–Crippen LogP) is 7.31. The van der Waals surface area contributed by atoms with Crippen LogP contribution in [0.25, 0.3) is 0 Å². The number of hydrogen-bond donors (Lipinski definition) is 1. The Labute approximate surface area is 214 Å². The molecule has 1 N–H and O–H groups in total. The van der Waals surface area contributed by atoms with Gasteiger partial charge in [0.25, 0.3) is 0 Å². The molecule has 0 amide bonds. The maximum Gasteiger partial charge on any atom is 0.0543 e. The second-order valence-electron chi connectivity index (χ2n) is 9.79. The Morgan fingerprint density at radius 3 is 2.58 bits per heavy atom. The van der Waals surface area contributed by atoms with Gasteiger partial charge in [-0.05, 0) is 111 Å². The highest BCUT2D eigenvalue weighted by Crippen LogP contribution is 2.31. The molecule has 6 heteroatoms. The second kappa shape index (κ2) is 14.1. The molecule has 3 nitrogen and oxygen atoms in total. The molecule has 4 rings (SSSR count). The van der Waals surface area contributed by atoms with E-state index in [0.29, 0.717) is 10.9 Å². The van der Waals surface area contributed by atoms with E-state index < -0.39 is 0 Å². The van der Waals surface area contributed by atoms with Crippen LogP contribution in [0.4, 0.5) is 0 Å². The predicted molar refractivity (Wildman–Crippen MR) is 144 cm³/mol. The van der Waals surface area contributed by atoms with Gasteiger partial charge in [0.2, 0.25) is 0 Å². The molecule has 0 spiro atoms. The topological polar surface area (TPSA) is 26.7 Å². The van der Waals surface area contributed by atoms with E-state index >= 15 is 0 Å². The number of halogens is 2. The Morgan fingerprint density at radius 2 is 1.91 bits per heavy atom. The van der Waals surface area contributed by atoms with Crippen LogP contribution in [0.3, 0.4) is 0 Å². The third kappa shape index (κ3) is 9.16. The zero-order chi connectivity index (χ0) is 23.6. The number of likely N-dealkylation sites (tertiary alicyclic amines) is 2. The van der Waals surface area contributed by atoms with E-state index in [1.165, 1.54) is 50.8 Å². The van der Waals surface area contributed by atoms with E-state index in [2.05, 4.69) is 40.6 Å². The molecule has 2 atom stereocenters. The zero-order valence-electron chi connectivity index (χ0n) is 20.2. The molecule has 0 bridgehead atoms. The summed E-state index contributed by atoms with van der Waals surface area (Å²) in [4.78, 5) is 4.85. The first-order valence-corrected chi connectivity index (χ1v) is 14.2. The van der Waals surface area contributed by atoms with Gasteiger partial charge in [0.15, 0.2) is 0 Å². The molecular formula is C27H40Cl2N2OS. The van der Waals surface area contributed by atoms with Crippen LogP contribution in [0.2, 0.25) is 10.0 Å². The summed E-state index contributed by atoms with van der Waals surface area (Å²) < 4.78 is 0. The van der Waals surface area contributed by atoms with Gasteiger partial charge >= 0.3 is 0 Å². The molecule has 33 heavy (non-hydrogen) atoms. The van der Waals surface area contributed by atoms with Gasteiger partial charge in [-0.15, -0.1) is 0 Å². The summed E-state index contributed by atoms with van der Waals surface area (Å²) in [5, 5.41) is 15.7. The third-order valence-electron chi connectivity index (χ3n) is 7.03. The van der Waals surface area contributed by atoms with E-state index in [1.54, 1.807) is 11.3 Å². The van der Waals surface area contributed by atoms with Crippen molar-refractivity contribution in [1.82, 2.24) is 9.80 Å². The monoisotopic (exact) mass is 510 g/mol. The molecule has 1 unspecified atom stereocenters. The number of thiophene rings is 1. The summed E-state index contributed by atoms with van der Waals surface area (Å²) in [7, 11) is 2.18. The number of benzene rings is 1. The smallest absolute Gasteiger partial charge is 0.0543 e. The van der Waals surface area contributed by atoms with Crippen molar-refractivity contribution in [2.24, 2.45) is 5.92 Å². The fraction of sp³-hybridized carbons (Fsp3) is 0.630. The van der Waals surface area contributed by atoms with Crippen LogP contribution in [0, 0.1) is 5.92 Å². The molecule has 2 aliphatic rings. The second-order valence-corrected chi connectivity index (χ2v) is 11.4. The number of aliphatic hydroxyl groups excluding tert-OH is 1. The summed E-state index contributed by atoms with van der Waals surface area (Å²) in [6.07, 6.45) is 8.17. The van der Waals surface area contributed by atoms with E-state index in [4.69, 9.17) is 23.2 Å². The third-order valence-corrected chi connectivity index (χ3v) is 8.32. The quantitative estimate of drug-likeness (QED) is 0.402. The Bertz CT molecular complexity index is 808. The molecule has 0 radical (unpaired) electrons. The maximum atomic E-state index is 9.78. The van der Waals surface area contributed by atoms with Crippen LogP contribution in [0.15, 0.2) is 35.0 Å². The number of unbranched alkanes of at least 4 members (excludes halogenated alkanes) is 1. The SMILES string of the molecule is CCCCC(O)CC1CCN(C)CC1.Clc1ccc(CN2CC[C@@H](c3ccsc3)C2)c(Cl)c1. The highest BCUT2D eigenvalue weighted by molar-refractivity contribution is 7.08. The van der Waals surface area contributed by atoms with Crippen molar-refractivity contribution < 1.29 is 5.11 Å². The van der Waals surface area contributed by atoms with Gasteiger partial charge in [-0.2, -0.15) is 11.3 Å². The Balaban J connectivity index is 0.000000196. The van der Waals surface area contributed by atoms with E-state index in [0.717, 1.165) is 49.0 Å². The van der Waals surface area contributed by atoms with Gasteiger partial charge in [0.1, 0.15) is 0 Å². The average molecular weight is 512 g/mol. The molecule has 2 fully saturated rings. The molecule has 2 saturated heterocycles. The van der Waals surface area contributed by atoms with Crippen molar-refractivity contribution in [2.75, 3.05) is 33.2 Å². The van der Waals surface area contributed by atoms with Gasteiger partial charge < -0.3 is 10.0 Å². The first-order valence-electron chi connectivity index (χ1n) is 12.5. The molecule has 0 saturated carbocycles. The lowest BCUT2D eigenvalue weighted by molar-refractivity contribution is 0.106. The molecular weight excluding hydrogens is 471 g/mol. The first kappa shape index (κ1) is 27.0. The van der Waals surface area contributed by atoms with Crippen molar-refractivity contribution in [2.45, 2.75) is 70.4 Å². The number of nitrogens with zero attached hydrogens (tertiary/aromatic N) is 2. The van der Waals surface area contributed by atoms with Gasteiger partial charge in [-0.25, -0.2) is 0 Å². The number of aliphatic hydroxyl groups is 1. The minimum absolute atomic E-state index is 0.0386. The molecule has 2 aliphatic heterocycles. The standard InChI is InChI=1S/C15H15Cl2NS.C12H25NO/c16-14-2-1-12(15(17)7-14)9-18-5-3-11(8-18)13-4-6-19-10-13;1-3-4-5-12(14)10-11-6-8-13(2)9-7-11/h1-2,4,6-7,10-11H,3,5,8-9H2;11-12,14H,3-10H2,1-2H3/t11-;/m1./s1. The van der Waals surface area contributed by atoms with Gasteiger partial charge in [-0.3, -0.25) is 4.90 Å². The Kier molecular flexibility index (Phi) is 11.5. The summed E-state index contributed by atoms with van der Waals surface area (Å²) in [6.45, 7) is 7.78. The minimum atomic E-state index is -0.0386. The van der Waals surface area contributed by atoms with Crippen molar-refractivity contribution in [1.29, 1.82) is 0 Å². The van der Waals surface area contributed by atoms with Crippen LogP contribution >= 0.6 is 34.5 Å². The van der Waals surface area contributed by atoms with Crippen LogP contribution in [-0.2, 0) is 6.54 Å². The van der Waals surface area contributed by atoms with E-state index in [1.807, 2.05) is 18.2 Å². The number of rotatable bonds is 8. The van der Waals surface area contributed by atoms with Crippen LogP contribution in [0.1, 0.15) is 68.9 Å². The Hall–Kier alpha value is -0.620. The molecule has 3 heterocycles. The van der Waals surface area contributed by atoms with Gasteiger partial charge in [0, 0.05) is 23.1 Å². The van der Waals surface area contributed by atoms with Gasteiger partial charge in [0.05, 0.1) is 6.10 Å². The highest BCUT2D eigenvalue weighted by atomic mass is 35.5. The van der Waals surface area contributed by atoms with Crippen molar-refractivity contribution in [3.05, 3.63) is 56.2 Å². The fourth-order valence-corrected chi connectivity index (χ4v) is 6.10. The average Bonchev–Trinajstić information content (AvgIpc) is 3.48. The van der Waals surface area contributed by atoms with E-state index in [-0.39, 0.29) is 6.10 Å². The fourth-order valence-electron chi connectivity index (χ4n) is 4.89. The lowest BCUT2D eigenvalue weighted by Gasteiger charge is -2.30. The first-order chi connectivity index (χ1) is 15.9. The number of piperidine rings is 1. The largest absolute Gasteiger partial charge is 0.393 e. The van der Waals surface area contributed by atoms with Gasteiger partial charge in [-0.1, -0.05) is 49.0 Å². The highest BCUT2D eigenvalue weighted by Gasteiger charge is 2.24. The van der Waals surface area contributed by atoms with Crippen LogP contribution in [-0.4, -0.2) is 54.2 Å². The van der Waals surface area contributed by atoms with Crippen molar-refractivity contribution in [3.63, 3.8) is 0 Å². The molecule has 2 aromatic rings. The normalized spacial score (nSPS) is 21.1. The van der Waals surface area contributed by atoms with Crippen molar-refractivity contribution in [3.8, 4) is 0 Å². The minimum Gasteiger partial charge on any atom is -0.393 e. The summed E-state index contributed by atoms with van der Waals surface area (Å²) in [5.74, 6) is 1.45. The lowest BCUT2D eigenvalue weighted by atomic mass is 9.90. The summed E-state index contributed by atoms with van der Waals surface area (Å²) in [6, 6.07) is 8.01. The van der Waals surface area contributed by atoms with Crippen LogP contribution in [0.5, 0.6) is 0 Å². The molecule has 1 aromatic carbocycles. The van der Waals surface area contributed by atoms with E-state index in [9.17, 15) is 5.11 Å². The summed E-state index contributed by atoms with van der Waals surface area (Å²) in [5.41, 5.74) is 2.65. The molecule has 0 aliphatic carbocycles. The van der Waals surface area contributed by atoms with Crippen molar-refractivity contribution >= 4 is 34.5 Å². The zero-order valence-corrected chi connectivity index (χ0v) is 22.5. The number of hydrogen-bond acceptors (Lipinski definition) is 4. The maximum absolute atomic E-state index is 9.78.